The Morgan fingerprint density at radius 1 is 1.10 bits per heavy atom. The molecule has 1 N–H and O–H groups in total. The van der Waals surface area contributed by atoms with Crippen molar-refractivity contribution < 1.29 is 24.2 Å². The van der Waals surface area contributed by atoms with Gasteiger partial charge in [0.25, 0.3) is 0 Å². The van der Waals surface area contributed by atoms with Gasteiger partial charge in [0.05, 0.1) is 5.56 Å². The van der Waals surface area contributed by atoms with E-state index in [1.165, 1.54) is 12.1 Å². The number of carboxylic acid groups (broad SMARTS) is 1. The van der Waals surface area contributed by atoms with Gasteiger partial charge in [0.1, 0.15) is 11.5 Å². The average Bonchev–Trinajstić information content (AvgIpc) is 2.76. The van der Waals surface area contributed by atoms with Gasteiger partial charge in [0.15, 0.2) is 0 Å². The first-order valence-electron chi connectivity index (χ1n) is 6.17. The van der Waals surface area contributed by atoms with Crippen LogP contribution in [0.2, 0.25) is 0 Å². The number of cyclic esters (lactones) is 1. The largest absolute Gasteiger partial charge is 0.511 e. The molecule has 2 aromatic carbocycles. The highest BCUT2D eigenvalue weighted by Gasteiger charge is 2.27. The highest BCUT2D eigenvalue weighted by atomic mass is 16.7. The predicted octanol–water partition coefficient (Wildman–Crippen LogP) is 3.41. The van der Waals surface area contributed by atoms with Crippen LogP contribution in [-0.4, -0.2) is 17.2 Å². The van der Waals surface area contributed by atoms with Crippen LogP contribution in [0.25, 0.3) is 11.8 Å². The van der Waals surface area contributed by atoms with Gasteiger partial charge in [-0.2, -0.15) is 0 Å². The number of rotatable bonds is 2. The van der Waals surface area contributed by atoms with Gasteiger partial charge in [-0.15, -0.1) is 0 Å². The van der Waals surface area contributed by atoms with Crippen LogP contribution in [0.3, 0.4) is 0 Å². The molecule has 1 aliphatic heterocycles. The third kappa shape index (κ3) is 2.62. The van der Waals surface area contributed by atoms with Crippen molar-refractivity contribution in [2.75, 3.05) is 0 Å². The van der Waals surface area contributed by atoms with Gasteiger partial charge in [-0.25, -0.2) is 9.59 Å². The molecular weight excluding hydrogens is 272 g/mol. The summed E-state index contributed by atoms with van der Waals surface area (Å²) >= 11 is 0. The number of hydrogen-bond acceptors (Lipinski definition) is 4. The van der Waals surface area contributed by atoms with Gasteiger partial charge in [0, 0.05) is 5.56 Å². The van der Waals surface area contributed by atoms with Crippen LogP contribution in [0.5, 0.6) is 5.75 Å². The minimum absolute atomic E-state index is 0.0826. The first kappa shape index (κ1) is 12.9. The van der Waals surface area contributed by atoms with E-state index in [0.29, 0.717) is 11.3 Å². The molecule has 0 saturated heterocycles. The molecule has 0 unspecified atom stereocenters. The van der Waals surface area contributed by atoms with Crippen LogP contribution in [0.15, 0.2) is 48.5 Å². The van der Waals surface area contributed by atoms with Crippen molar-refractivity contribution in [3.8, 4) is 5.75 Å². The first-order chi connectivity index (χ1) is 10.1. The van der Waals surface area contributed by atoms with Gasteiger partial charge >= 0.3 is 12.1 Å². The number of carbonyl (C=O) groups excluding carboxylic acids is 1. The van der Waals surface area contributed by atoms with Crippen LogP contribution >= 0.6 is 0 Å². The zero-order chi connectivity index (χ0) is 14.8. The minimum Gasteiger partial charge on any atom is -0.449 e. The van der Waals surface area contributed by atoms with E-state index in [-0.39, 0.29) is 11.3 Å². The molecule has 1 aliphatic rings. The SMILES string of the molecule is O=C(O)Oc1ccc2c(c1)C(=O)OC2=Cc1ccccc1. The third-order valence-corrected chi connectivity index (χ3v) is 2.98. The van der Waals surface area contributed by atoms with Crippen molar-refractivity contribution in [1.82, 2.24) is 0 Å². The number of fused-ring (bicyclic) bond motifs is 1. The van der Waals surface area contributed by atoms with Gasteiger partial charge in [-0.3, -0.25) is 0 Å². The summed E-state index contributed by atoms with van der Waals surface area (Å²) in [7, 11) is 0. The molecule has 0 radical (unpaired) electrons. The maximum Gasteiger partial charge on any atom is 0.511 e. The summed E-state index contributed by atoms with van der Waals surface area (Å²) in [5, 5.41) is 8.58. The monoisotopic (exact) mass is 282 g/mol. The lowest BCUT2D eigenvalue weighted by molar-refractivity contribution is 0.0716. The molecule has 0 aromatic heterocycles. The van der Waals surface area contributed by atoms with E-state index in [1.54, 1.807) is 12.1 Å². The third-order valence-electron chi connectivity index (χ3n) is 2.98. The molecular formula is C16H10O5. The fraction of sp³-hybridized carbons (Fsp3) is 0. The quantitative estimate of drug-likeness (QED) is 0.675. The Morgan fingerprint density at radius 3 is 2.57 bits per heavy atom. The summed E-state index contributed by atoms with van der Waals surface area (Å²) in [5.41, 5.74) is 1.80. The van der Waals surface area contributed by atoms with Crippen molar-refractivity contribution >= 4 is 24.0 Å². The summed E-state index contributed by atoms with van der Waals surface area (Å²) < 4.78 is 9.75. The van der Waals surface area contributed by atoms with E-state index >= 15 is 0 Å². The summed E-state index contributed by atoms with van der Waals surface area (Å²) in [4.78, 5) is 22.3. The fourth-order valence-corrected chi connectivity index (χ4v) is 2.09. The van der Waals surface area contributed by atoms with Crippen LogP contribution in [0, 0.1) is 0 Å². The average molecular weight is 282 g/mol. The second kappa shape index (κ2) is 5.13. The Kier molecular flexibility index (Phi) is 3.16. The van der Waals surface area contributed by atoms with Gasteiger partial charge < -0.3 is 14.6 Å². The lowest BCUT2D eigenvalue weighted by Crippen LogP contribution is -2.03. The molecule has 0 saturated carbocycles. The minimum atomic E-state index is -1.43. The van der Waals surface area contributed by atoms with Crippen molar-refractivity contribution in [2.45, 2.75) is 0 Å². The first-order valence-corrected chi connectivity index (χ1v) is 6.17. The van der Waals surface area contributed by atoms with Gasteiger partial charge in [-0.1, -0.05) is 30.3 Å². The summed E-state index contributed by atoms with van der Waals surface area (Å²) in [6.07, 6.45) is 0.322. The molecule has 0 amide bonds. The maximum atomic E-state index is 11.8. The Morgan fingerprint density at radius 2 is 1.86 bits per heavy atom. The second-order valence-electron chi connectivity index (χ2n) is 4.38. The van der Waals surface area contributed by atoms with Crippen LogP contribution in [-0.2, 0) is 4.74 Å². The molecule has 21 heavy (non-hydrogen) atoms. The number of carbonyl (C=O) groups is 2. The van der Waals surface area contributed by atoms with E-state index in [1.807, 2.05) is 30.3 Å². The van der Waals surface area contributed by atoms with Crippen LogP contribution < -0.4 is 4.74 Å². The molecule has 104 valence electrons. The zero-order valence-corrected chi connectivity index (χ0v) is 10.8. The molecule has 0 atom stereocenters. The second-order valence-corrected chi connectivity index (χ2v) is 4.38. The highest BCUT2D eigenvalue weighted by Crippen LogP contribution is 2.33. The molecule has 2 aromatic rings. The van der Waals surface area contributed by atoms with E-state index < -0.39 is 12.1 Å². The summed E-state index contributed by atoms with van der Waals surface area (Å²) in [6.45, 7) is 0. The molecule has 0 fully saturated rings. The molecule has 5 heteroatoms. The Hall–Kier alpha value is -3.08. The number of ether oxygens (including phenoxy) is 2. The summed E-state index contributed by atoms with van der Waals surface area (Å²) in [6, 6.07) is 13.9. The molecule has 1 heterocycles. The molecule has 3 rings (SSSR count). The molecule has 0 bridgehead atoms. The zero-order valence-electron chi connectivity index (χ0n) is 10.8. The van der Waals surface area contributed by atoms with Crippen molar-refractivity contribution in [3.05, 3.63) is 65.2 Å². The van der Waals surface area contributed by atoms with E-state index in [4.69, 9.17) is 9.84 Å². The lowest BCUT2D eigenvalue weighted by atomic mass is 10.1. The van der Waals surface area contributed by atoms with Gasteiger partial charge in [-0.05, 0) is 29.8 Å². The molecule has 5 nitrogen and oxygen atoms in total. The smallest absolute Gasteiger partial charge is 0.449 e. The molecule has 0 aliphatic carbocycles. The van der Waals surface area contributed by atoms with E-state index in [2.05, 4.69) is 4.74 Å². The number of hydrogen-bond donors (Lipinski definition) is 1. The highest BCUT2D eigenvalue weighted by molar-refractivity contribution is 6.06. The van der Waals surface area contributed by atoms with Crippen molar-refractivity contribution in [1.29, 1.82) is 0 Å². The fourth-order valence-electron chi connectivity index (χ4n) is 2.09. The van der Waals surface area contributed by atoms with Crippen molar-refractivity contribution in [3.63, 3.8) is 0 Å². The number of benzene rings is 2. The standard InChI is InChI=1S/C16H10O5/c17-15-13-9-11(20-16(18)19)6-7-12(13)14(21-15)8-10-4-2-1-3-5-10/h1-9H,(H,18,19). The maximum absolute atomic E-state index is 11.8. The van der Waals surface area contributed by atoms with E-state index in [9.17, 15) is 9.59 Å². The van der Waals surface area contributed by atoms with Crippen molar-refractivity contribution in [2.24, 2.45) is 0 Å². The Labute approximate surface area is 120 Å². The topological polar surface area (TPSA) is 72.8 Å². The van der Waals surface area contributed by atoms with Crippen LogP contribution in [0.4, 0.5) is 4.79 Å². The Bertz CT molecular complexity index is 747. The van der Waals surface area contributed by atoms with Crippen LogP contribution in [0.1, 0.15) is 21.5 Å². The summed E-state index contributed by atoms with van der Waals surface area (Å²) in [5.74, 6) is -0.00902. The Balaban J connectivity index is 1.99. The lowest BCUT2D eigenvalue weighted by Gasteiger charge is -2.01. The molecule has 0 spiro atoms. The van der Waals surface area contributed by atoms with E-state index in [0.717, 1.165) is 5.56 Å². The number of esters is 1. The predicted molar refractivity (Wildman–Crippen MR) is 74.8 cm³/mol. The normalized spacial score (nSPS) is 14.7. The van der Waals surface area contributed by atoms with Gasteiger partial charge in [0.2, 0.25) is 0 Å².